The van der Waals surface area contributed by atoms with Crippen LogP contribution in [0.15, 0.2) is 18.2 Å². The second-order valence-electron chi connectivity index (χ2n) is 3.02. The van der Waals surface area contributed by atoms with Crippen molar-refractivity contribution in [2.24, 2.45) is 0 Å². The van der Waals surface area contributed by atoms with E-state index < -0.39 is 11.8 Å². The van der Waals surface area contributed by atoms with Gasteiger partial charge in [0, 0.05) is 11.6 Å². The molecule has 1 N–H and O–H groups in total. The third-order valence-corrected chi connectivity index (χ3v) is 1.89. The minimum atomic E-state index is -0.559. The number of methoxy groups -OCH3 is 1. The molecule has 0 radical (unpaired) electrons. The number of halogens is 1. The summed E-state index contributed by atoms with van der Waals surface area (Å²) in [5, 5.41) is 9.54. The molecule has 1 rings (SSSR count). The van der Waals surface area contributed by atoms with Crippen LogP contribution in [0, 0.1) is 12.7 Å². The fourth-order valence-corrected chi connectivity index (χ4v) is 1.11. The first kappa shape index (κ1) is 11.2. The molecule has 0 heterocycles. The Kier molecular flexibility index (Phi) is 3.44. The molecule has 0 spiro atoms. The van der Waals surface area contributed by atoms with E-state index in [9.17, 15) is 14.3 Å². The number of benzene rings is 1. The standard InChI is InChI=1S/C11H11FO3/c1-7-5-9(12)6-8(11(7)14)3-4-10(13)15-2/h3-6,14H,1-2H3. The number of hydrogen-bond donors (Lipinski definition) is 1. The van der Waals surface area contributed by atoms with Gasteiger partial charge >= 0.3 is 5.97 Å². The first-order chi connectivity index (χ1) is 7.04. The molecule has 0 aliphatic carbocycles. The highest BCUT2D eigenvalue weighted by molar-refractivity contribution is 5.87. The van der Waals surface area contributed by atoms with Crippen molar-refractivity contribution < 1.29 is 19.0 Å². The van der Waals surface area contributed by atoms with E-state index in [-0.39, 0.29) is 11.3 Å². The van der Waals surface area contributed by atoms with Gasteiger partial charge in [0.15, 0.2) is 0 Å². The first-order valence-electron chi connectivity index (χ1n) is 4.29. The number of ether oxygens (including phenoxy) is 1. The van der Waals surface area contributed by atoms with Gasteiger partial charge in [0.05, 0.1) is 7.11 Å². The fourth-order valence-electron chi connectivity index (χ4n) is 1.11. The highest BCUT2D eigenvalue weighted by atomic mass is 19.1. The van der Waals surface area contributed by atoms with Crippen molar-refractivity contribution >= 4 is 12.0 Å². The summed E-state index contributed by atoms with van der Waals surface area (Å²) in [4.78, 5) is 10.8. The number of carbonyl (C=O) groups is 1. The Hall–Kier alpha value is -1.84. The summed E-state index contributed by atoms with van der Waals surface area (Å²) >= 11 is 0. The molecule has 0 bridgehead atoms. The van der Waals surface area contributed by atoms with Crippen molar-refractivity contribution in [1.29, 1.82) is 0 Å². The van der Waals surface area contributed by atoms with E-state index in [1.165, 1.54) is 19.3 Å². The molecule has 1 aromatic carbocycles. The second kappa shape index (κ2) is 4.59. The third-order valence-electron chi connectivity index (χ3n) is 1.89. The van der Waals surface area contributed by atoms with Crippen LogP contribution in [0.2, 0.25) is 0 Å². The van der Waals surface area contributed by atoms with Crippen molar-refractivity contribution in [3.05, 3.63) is 35.2 Å². The zero-order valence-electron chi connectivity index (χ0n) is 8.45. The van der Waals surface area contributed by atoms with Crippen molar-refractivity contribution in [2.75, 3.05) is 7.11 Å². The average Bonchev–Trinajstić information content (AvgIpc) is 2.20. The molecule has 0 atom stereocenters. The zero-order valence-corrected chi connectivity index (χ0v) is 8.45. The Morgan fingerprint density at radius 3 is 2.80 bits per heavy atom. The largest absolute Gasteiger partial charge is 0.507 e. The van der Waals surface area contributed by atoms with Gasteiger partial charge in [-0.25, -0.2) is 9.18 Å². The molecule has 3 nitrogen and oxygen atoms in total. The normalized spacial score (nSPS) is 10.6. The van der Waals surface area contributed by atoms with E-state index in [0.29, 0.717) is 5.56 Å². The molecule has 0 saturated carbocycles. The number of hydrogen-bond acceptors (Lipinski definition) is 3. The van der Waals surface area contributed by atoms with E-state index >= 15 is 0 Å². The Balaban J connectivity index is 3.04. The van der Waals surface area contributed by atoms with Crippen molar-refractivity contribution in [2.45, 2.75) is 6.92 Å². The number of aromatic hydroxyl groups is 1. The molecule has 0 amide bonds. The lowest BCUT2D eigenvalue weighted by atomic mass is 10.1. The summed E-state index contributed by atoms with van der Waals surface area (Å²) in [5.74, 6) is -1.07. The van der Waals surface area contributed by atoms with Crippen LogP contribution in [0.3, 0.4) is 0 Å². The van der Waals surface area contributed by atoms with Gasteiger partial charge in [0.1, 0.15) is 11.6 Å². The smallest absolute Gasteiger partial charge is 0.330 e. The predicted octanol–water partition coefficient (Wildman–Crippen LogP) is 2.03. The highest BCUT2D eigenvalue weighted by Crippen LogP contribution is 2.24. The second-order valence-corrected chi connectivity index (χ2v) is 3.02. The van der Waals surface area contributed by atoms with Gasteiger partial charge in [-0.15, -0.1) is 0 Å². The number of aryl methyl sites for hydroxylation is 1. The molecule has 1 aromatic rings. The predicted molar refractivity (Wildman–Crippen MR) is 53.9 cm³/mol. The van der Waals surface area contributed by atoms with Crippen LogP contribution in [0.5, 0.6) is 5.75 Å². The van der Waals surface area contributed by atoms with Crippen LogP contribution in [0.4, 0.5) is 4.39 Å². The van der Waals surface area contributed by atoms with Crippen LogP contribution in [-0.4, -0.2) is 18.2 Å². The maximum Gasteiger partial charge on any atom is 0.330 e. The van der Waals surface area contributed by atoms with Crippen LogP contribution in [0.25, 0.3) is 6.08 Å². The molecule has 0 aliphatic rings. The number of phenols is 1. The number of phenolic OH excluding ortho intramolecular Hbond substituents is 1. The minimum Gasteiger partial charge on any atom is -0.507 e. The highest BCUT2D eigenvalue weighted by Gasteiger charge is 2.04. The van der Waals surface area contributed by atoms with Crippen molar-refractivity contribution in [3.63, 3.8) is 0 Å². The Morgan fingerprint density at radius 1 is 1.53 bits per heavy atom. The summed E-state index contributed by atoms with van der Waals surface area (Å²) in [6.07, 6.45) is 2.42. The van der Waals surface area contributed by atoms with Gasteiger partial charge < -0.3 is 9.84 Å². The van der Waals surface area contributed by atoms with Gasteiger partial charge in [-0.2, -0.15) is 0 Å². The Morgan fingerprint density at radius 2 is 2.20 bits per heavy atom. The maximum atomic E-state index is 13.0. The minimum absolute atomic E-state index is 0.0449. The van der Waals surface area contributed by atoms with Gasteiger partial charge in [0.25, 0.3) is 0 Å². The van der Waals surface area contributed by atoms with Gasteiger partial charge in [-0.1, -0.05) is 0 Å². The molecule has 0 aromatic heterocycles. The molecular weight excluding hydrogens is 199 g/mol. The number of carbonyl (C=O) groups excluding carboxylic acids is 1. The lowest BCUT2D eigenvalue weighted by molar-refractivity contribution is -0.134. The van der Waals surface area contributed by atoms with Crippen LogP contribution < -0.4 is 0 Å². The van der Waals surface area contributed by atoms with E-state index in [1.54, 1.807) is 6.92 Å². The molecule has 0 unspecified atom stereocenters. The van der Waals surface area contributed by atoms with Gasteiger partial charge in [-0.05, 0) is 30.7 Å². The molecule has 4 heteroatoms. The zero-order chi connectivity index (χ0) is 11.4. The van der Waals surface area contributed by atoms with E-state index in [1.807, 2.05) is 0 Å². The molecule has 0 aliphatic heterocycles. The molecular formula is C11H11FO3. The Labute approximate surface area is 86.8 Å². The topological polar surface area (TPSA) is 46.5 Å². The van der Waals surface area contributed by atoms with Crippen LogP contribution in [0.1, 0.15) is 11.1 Å². The summed E-state index contributed by atoms with van der Waals surface area (Å²) in [7, 11) is 1.24. The quantitative estimate of drug-likeness (QED) is 0.600. The SMILES string of the molecule is COC(=O)C=Cc1cc(F)cc(C)c1O. The monoisotopic (exact) mass is 210 g/mol. The van der Waals surface area contributed by atoms with Crippen molar-refractivity contribution in [3.8, 4) is 5.75 Å². The van der Waals surface area contributed by atoms with Crippen LogP contribution in [-0.2, 0) is 9.53 Å². The lowest BCUT2D eigenvalue weighted by Gasteiger charge is -2.03. The summed E-state index contributed by atoms with van der Waals surface area (Å²) < 4.78 is 17.3. The molecule has 15 heavy (non-hydrogen) atoms. The van der Waals surface area contributed by atoms with Gasteiger partial charge in [-0.3, -0.25) is 0 Å². The van der Waals surface area contributed by atoms with E-state index in [2.05, 4.69) is 4.74 Å². The Bertz CT molecular complexity index is 411. The molecule has 80 valence electrons. The summed E-state index contributed by atoms with van der Waals surface area (Å²) in [6, 6.07) is 2.35. The summed E-state index contributed by atoms with van der Waals surface area (Å²) in [6.45, 7) is 1.58. The van der Waals surface area contributed by atoms with E-state index in [0.717, 1.165) is 12.1 Å². The maximum absolute atomic E-state index is 13.0. The molecule has 0 saturated heterocycles. The summed E-state index contributed by atoms with van der Waals surface area (Å²) in [5.41, 5.74) is 0.664. The third kappa shape index (κ3) is 2.80. The number of esters is 1. The van der Waals surface area contributed by atoms with Crippen molar-refractivity contribution in [1.82, 2.24) is 0 Å². The fraction of sp³-hybridized carbons (Fsp3) is 0.182. The average molecular weight is 210 g/mol. The molecule has 0 fully saturated rings. The number of rotatable bonds is 2. The van der Waals surface area contributed by atoms with Crippen LogP contribution >= 0.6 is 0 Å². The lowest BCUT2D eigenvalue weighted by Crippen LogP contribution is -1.93. The van der Waals surface area contributed by atoms with E-state index in [4.69, 9.17) is 0 Å². The van der Waals surface area contributed by atoms with Gasteiger partial charge in [0.2, 0.25) is 0 Å². The first-order valence-corrected chi connectivity index (χ1v) is 4.29.